The molecule has 30 valence electrons. The molecule has 0 radical (unpaired) electrons. The van der Waals surface area contributed by atoms with Crippen molar-refractivity contribution >= 4 is 6.85 Å². The summed E-state index contributed by atoms with van der Waals surface area (Å²) < 4.78 is 0. The topological polar surface area (TPSA) is 12.0 Å². The Hall–Kier alpha value is -0.105. The van der Waals surface area contributed by atoms with Crippen molar-refractivity contribution in [3.8, 4) is 0 Å². The molecular formula is C3H10BN. The summed E-state index contributed by atoms with van der Waals surface area (Å²) in [4.78, 5) is 0. The van der Waals surface area contributed by atoms with Gasteiger partial charge in [-0.15, -0.1) is 13.6 Å². The molecule has 1 N–H and O–H groups in total. The predicted octanol–water partition coefficient (Wildman–Crippen LogP) is -0.0673. The van der Waals surface area contributed by atoms with Crippen LogP contribution in [0.4, 0.5) is 0 Å². The van der Waals surface area contributed by atoms with Gasteiger partial charge in [0.05, 0.1) is 0 Å². The molecule has 0 aromatic carbocycles. The maximum atomic E-state index is 3.73. The Labute approximate surface area is 33.9 Å². The van der Waals surface area contributed by atoms with Gasteiger partial charge >= 0.3 is 0 Å². The van der Waals surface area contributed by atoms with Crippen LogP contribution in [-0.4, -0.2) is 13.9 Å². The van der Waals surface area contributed by atoms with Crippen molar-refractivity contribution in [1.82, 2.24) is 5.23 Å². The summed E-state index contributed by atoms with van der Waals surface area (Å²) in [5.74, 6) is 0. The van der Waals surface area contributed by atoms with Gasteiger partial charge in [-0.3, -0.25) is 0 Å². The lowest BCUT2D eigenvalue weighted by Crippen LogP contribution is -2.22. The molecule has 1 atom stereocenters. The minimum absolute atomic E-state index is 0.236. The SMILES string of the molecule is [CH2+][BH-](C)NC. The molecule has 1 nitrogen and oxygen atoms in total. The zero-order valence-corrected chi connectivity index (χ0v) is 3.91. The Morgan fingerprint density at radius 3 is 2.00 bits per heavy atom. The highest BCUT2D eigenvalue weighted by atomic mass is 14.7. The summed E-state index contributed by atoms with van der Waals surface area (Å²) in [7, 11) is 1.92. The maximum absolute atomic E-state index is 3.73. The molecular weight excluding hydrogens is 60.9 g/mol. The van der Waals surface area contributed by atoms with Gasteiger partial charge in [0.2, 0.25) is 6.85 Å². The third-order valence-electron chi connectivity index (χ3n) is 0.604. The lowest BCUT2D eigenvalue weighted by atomic mass is 9.69. The molecule has 5 heavy (non-hydrogen) atoms. The Morgan fingerprint density at radius 2 is 2.00 bits per heavy atom. The van der Waals surface area contributed by atoms with E-state index in [2.05, 4.69) is 18.9 Å². The molecule has 0 bridgehead atoms. The van der Waals surface area contributed by atoms with Gasteiger partial charge in [-0.1, -0.05) is 0 Å². The molecule has 0 rings (SSSR count). The van der Waals surface area contributed by atoms with Gasteiger partial charge < -0.3 is 5.23 Å². The molecule has 0 aliphatic carbocycles. The van der Waals surface area contributed by atoms with E-state index in [0.717, 1.165) is 0 Å². The number of rotatable bonds is 1. The molecule has 2 heteroatoms. The average Bonchev–Trinajstić information content (AvgIpc) is 1.38. The lowest BCUT2D eigenvalue weighted by molar-refractivity contribution is 1.22. The van der Waals surface area contributed by atoms with Crippen LogP contribution in [0.15, 0.2) is 0 Å². The highest BCUT2D eigenvalue weighted by Crippen LogP contribution is 1.59. The van der Waals surface area contributed by atoms with Gasteiger partial charge in [-0.2, -0.15) is 0 Å². The third-order valence-corrected chi connectivity index (χ3v) is 0.604. The lowest BCUT2D eigenvalue weighted by Gasteiger charge is -1.93. The quantitative estimate of drug-likeness (QED) is 0.337. The molecule has 0 saturated heterocycles. The molecule has 0 aliphatic rings. The van der Waals surface area contributed by atoms with Crippen LogP contribution in [-0.2, 0) is 0 Å². The van der Waals surface area contributed by atoms with E-state index in [0.29, 0.717) is 0 Å². The van der Waals surface area contributed by atoms with E-state index in [1.54, 1.807) is 0 Å². The molecule has 0 amide bonds. The molecule has 0 saturated carbocycles. The second kappa shape index (κ2) is 2.15. The summed E-state index contributed by atoms with van der Waals surface area (Å²) in [6, 6.07) is 0. The number of hydrogen-bond donors (Lipinski definition) is 1. The van der Waals surface area contributed by atoms with Gasteiger partial charge in [0.25, 0.3) is 0 Å². The first-order valence-corrected chi connectivity index (χ1v) is 2.06. The third kappa shape index (κ3) is 3.89. The van der Waals surface area contributed by atoms with Gasteiger partial charge in [0.1, 0.15) is 0 Å². The van der Waals surface area contributed by atoms with Crippen molar-refractivity contribution in [2.24, 2.45) is 0 Å². The van der Waals surface area contributed by atoms with Crippen molar-refractivity contribution in [3.05, 3.63) is 6.82 Å². The van der Waals surface area contributed by atoms with Crippen LogP contribution in [0.1, 0.15) is 0 Å². The first-order chi connectivity index (χ1) is 2.27. The van der Waals surface area contributed by atoms with Crippen molar-refractivity contribution in [2.75, 3.05) is 7.05 Å². The summed E-state index contributed by atoms with van der Waals surface area (Å²) in [5.41, 5.74) is 0. The first-order valence-electron chi connectivity index (χ1n) is 2.06. The summed E-state index contributed by atoms with van der Waals surface area (Å²) in [6.45, 7) is 5.58. The Kier molecular flexibility index (Phi) is 2.11. The van der Waals surface area contributed by atoms with E-state index < -0.39 is 0 Å². The fourth-order valence-electron chi connectivity index (χ4n) is 0. The highest BCUT2D eigenvalue weighted by Gasteiger charge is 1.83. The summed E-state index contributed by atoms with van der Waals surface area (Å²) >= 11 is 0. The van der Waals surface area contributed by atoms with Crippen LogP contribution in [0, 0.1) is 6.82 Å². The zero-order valence-electron chi connectivity index (χ0n) is 3.91. The van der Waals surface area contributed by atoms with Crippen molar-refractivity contribution in [1.29, 1.82) is 0 Å². The zero-order chi connectivity index (χ0) is 4.28. The fourth-order valence-corrected chi connectivity index (χ4v) is 0. The number of nitrogens with one attached hydrogen (secondary N) is 1. The Balaban J connectivity index is 2.54. The monoisotopic (exact) mass is 71.1 g/mol. The Bertz CT molecular complexity index is 20.9. The van der Waals surface area contributed by atoms with E-state index >= 15 is 0 Å². The van der Waals surface area contributed by atoms with Crippen molar-refractivity contribution in [3.63, 3.8) is 0 Å². The van der Waals surface area contributed by atoms with Crippen LogP contribution in [0.25, 0.3) is 0 Å². The molecule has 1 unspecified atom stereocenters. The molecule has 0 aromatic rings. The van der Waals surface area contributed by atoms with Gasteiger partial charge in [0, 0.05) is 0 Å². The molecule has 0 heterocycles. The second-order valence-corrected chi connectivity index (χ2v) is 1.46. The molecule has 0 aliphatic heterocycles. The van der Waals surface area contributed by atoms with Crippen LogP contribution in [0.2, 0.25) is 6.82 Å². The van der Waals surface area contributed by atoms with Crippen LogP contribution in [0.3, 0.4) is 0 Å². The second-order valence-electron chi connectivity index (χ2n) is 1.46. The van der Waals surface area contributed by atoms with Gasteiger partial charge in [0.15, 0.2) is 0 Å². The van der Waals surface area contributed by atoms with Gasteiger partial charge in [-0.05, 0) is 7.05 Å². The fraction of sp³-hybridized carbons (Fsp3) is 0.667. The minimum Gasteiger partial charge on any atom is -0.452 e. The van der Waals surface area contributed by atoms with Crippen LogP contribution < -0.4 is 5.23 Å². The number of hydrogen-bond acceptors (Lipinski definition) is 1. The molecule has 0 fully saturated rings. The van der Waals surface area contributed by atoms with E-state index in [9.17, 15) is 0 Å². The maximum Gasteiger partial charge on any atom is 0.241 e. The summed E-state index contributed by atoms with van der Waals surface area (Å²) in [6.07, 6.45) is 0. The van der Waals surface area contributed by atoms with E-state index in [4.69, 9.17) is 0 Å². The summed E-state index contributed by atoms with van der Waals surface area (Å²) in [5, 5.41) is 3.00. The van der Waals surface area contributed by atoms with Crippen LogP contribution in [0.5, 0.6) is 0 Å². The largest absolute Gasteiger partial charge is 0.452 e. The molecule has 0 spiro atoms. The minimum atomic E-state index is -0.236. The normalized spacial score (nSPS) is 14.8. The standard InChI is InChI=1S/C3H10BN/c1-4(2)5-3/h4-5H,1H2,2-3H3. The van der Waals surface area contributed by atoms with Crippen LogP contribution >= 0.6 is 0 Å². The smallest absolute Gasteiger partial charge is 0.241 e. The highest BCUT2D eigenvalue weighted by molar-refractivity contribution is 6.56. The van der Waals surface area contributed by atoms with E-state index in [1.807, 2.05) is 7.05 Å². The Morgan fingerprint density at radius 1 is 1.80 bits per heavy atom. The molecule has 0 aromatic heterocycles. The van der Waals surface area contributed by atoms with Gasteiger partial charge in [-0.25, -0.2) is 0 Å². The van der Waals surface area contributed by atoms with Crippen molar-refractivity contribution in [2.45, 2.75) is 6.82 Å². The first kappa shape index (κ1) is 4.89. The van der Waals surface area contributed by atoms with E-state index in [-0.39, 0.29) is 6.85 Å². The predicted molar refractivity (Wildman–Crippen MR) is 27.4 cm³/mol. The average molecular weight is 70.9 g/mol. The van der Waals surface area contributed by atoms with Crippen molar-refractivity contribution < 1.29 is 0 Å². The van der Waals surface area contributed by atoms with E-state index in [1.165, 1.54) is 0 Å².